The van der Waals surface area contributed by atoms with Gasteiger partial charge in [0.25, 0.3) is 6.43 Å². The van der Waals surface area contributed by atoms with Crippen molar-refractivity contribution in [2.45, 2.75) is 25.3 Å². The molecule has 0 unspecified atom stereocenters. The normalized spacial score (nSPS) is 15.8. The standard InChI is InChI=1S/C17H19F2N7/c18-14(19)10-3-1-2-9(8-10)12-13-15(25-16(20)23-12)26(17(21)24-13)11-4-6-22-7-5-11/h1-3,8,11,14,22H,4-7H2,(H2,21,24)(H2,20,23,25). The number of rotatable bonds is 3. The molecular formula is C17H19F2N7. The SMILES string of the molecule is Nc1nc(-c2cccc(C(F)F)c2)c2nc(N)n(C3CCNCC3)c2n1. The second-order valence-corrected chi connectivity index (χ2v) is 6.35. The van der Waals surface area contributed by atoms with Gasteiger partial charge in [0.05, 0.1) is 0 Å². The van der Waals surface area contributed by atoms with Gasteiger partial charge in [-0.3, -0.25) is 4.57 Å². The van der Waals surface area contributed by atoms with Crippen LogP contribution < -0.4 is 16.8 Å². The fraction of sp³-hybridized carbons (Fsp3) is 0.353. The van der Waals surface area contributed by atoms with Crippen molar-refractivity contribution in [2.24, 2.45) is 0 Å². The Morgan fingerprint density at radius 3 is 2.62 bits per heavy atom. The second-order valence-electron chi connectivity index (χ2n) is 6.35. The summed E-state index contributed by atoms with van der Waals surface area (Å²) in [4.78, 5) is 13.0. The third-order valence-electron chi connectivity index (χ3n) is 4.67. The molecule has 7 nitrogen and oxygen atoms in total. The molecule has 0 amide bonds. The zero-order chi connectivity index (χ0) is 18.3. The van der Waals surface area contributed by atoms with Gasteiger partial charge < -0.3 is 16.8 Å². The maximum absolute atomic E-state index is 13.1. The first-order valence-corrected chi connectivity index (χ1v) is 8.44. The Labute approximate surface area is 148 Å². The lowest BCUT2D eigenvalue weighted by molar-refractivity contribution is 0.151. The molecule has 0 bridgehead atoms. The number of hydrogen-bond acceptors (Lipinski definition) is 6. The number of anilines is 2. The number of nitrogens with one attached hydrogen (secondary N) is 1. The summed E-state index contributed by atoms with van der Waals surface area (Å²) in [5.74, 6) is 0.392. The third-order valence-corrected chi connectivity index (χ3v) is 4.67. The minimum atomic E-state index is -2.57. The number of nitrogen functional groups attached to an aromatic ring is 2. The smallest absolute Gasteiger partial charge is 0.263 e. The molecular weight excluding hydrogens is 340 g/mol. The van der Waals surface area contributed by atoms with Crippen LogP contribution in [0.4, 0.5) is 20.7 Å². The Balaban J connectivity index is 1.90. The summed E-state index contributed by atoms with van der Waals surface area (Å²) < 4.78 is 28.0. The summed E-state index contributed by atoms with van der Waals surface area (Å²) in [7, 11) is 0. The van der Waals surface area contributed by atoms with Crippen LogP contribution in [0, 0.1) is 0 Å². The van der Waals surface area contributed by atoms with Crippen LogP contribution in [0.1, 0.15) is 30.9 Å². The van der Waals surface area contributed by atoms with E-state index < -0.39 is 6.43 Å². The van der Waals surface area contributed by atoms with E-state index in [9.17, 15) is 8.78 Å². The molecule has 1 saturated heterocycles. The number of hydrogen-bond donors (Lipinski definition) is 3. The van der Waals surface area contributed by atoms with Gasteiger partial charge in [0.1, 0.15) is 11.2 Å². The average Bonchev–Trinajstić information content (AvgIpc) is 2.97. The van der Waals surface area contributed by atoms with E-state index in [-0.39, 0.29) is 17.6 Å². The number of piperidine rings is 1. The zero-order valence-electron chi connectivity index (χ0n) is 14.0. The lowest BCUT2D eigenvalue weighted by Gasteiger charge is -2.24. The summed E-state index contributed by atoms with van der Waals surface area (Å²) in [6.45, 7) is 1.77. The van der Waals surface area contributed by atoms with Gasteiger partial charge in [-0.05, 0) is 32.0 Å². The molecule has 0 atom stereocenters. The minimum Gasteiger partial charge on any atom is -0.369 e. The Kier molecular flexibility index (Phi) is 4.15. The fourth-order valence-electron chi connectivity index (χ4n) is 3.46. The molecule has 9 heteroatoms. The van der Waals surface area contributed by atoms with Crippen molar-refractivity contribution < 1.29 is 8.78 Å². The lowest BCUT2D eigenvalue weighted by Crippen LogP contribution is -2.30. The number of aromatic nitrogens is 4. The molecule has 1 aliphatic rings. The van der Waals surface area contributed by atoms with Crippen LogP contribution in [0.2, 0.25) is 0 Å². The predicted molar refractivity (Wildman–Crippen MR) is 95.7 cm³/mol. The highest BCUT2D eigenvalue weighted by Gasteiger charge is 2.24. The highest BCUT2D eigenvalue weighted by molar-refractivity contribution is 5.90. The minimum absolute atomic E-state index is 0.0602. The van der Waals surface area contributed by atoms with E-state index in [4.69, 9.17) is 11.5 Å². The molecule has 5 N–H and O–H groups in total. The largest absolute Gasteiger partial charge is 0.369 e. The van der Waals surface area contributed by atoms with Gasteiger partial charge in [-0.1, -0.05) is 18.2 Å². The predicted octanol–water partition coefficient (Wildman–Crippen LogP) is 2.52. The van der Waals surface area contributed by atoms with E-state index in [1.54, 1.807) is 12.1 Å². The average molecular weight is 359 g/mol. The topological polar surface area (TPSA) is 108 Å². The molecule has 0 aliphatic carbocycles. The molecule has 0 spiro atoms. The van der Waals surface area contributed by atoms with E-state index >= 15 is 0 Å². The van der Waals surface area contributed by atoms with Gasteiger partial charge in [-0.25, -0.2) is 18.7 Å². The maximum Gasteiger partial charge on any atom is 0.263 e. The van der Waals surface area contributed by atoms with E-state index in [1.807, 2.05) is 4.57 Å². The van der Waals surface area contributed by atoms with Crippen molar-refractivity contribution in [3.8, 4) is 11.3 Å². The van der Waals surface area contributed by atoms with Crippen molar-refractivity contribution in [3.05, 3.63) is 29.8 Å². The molecule has 2 aromatic heterocycles. The first-order chi connectivity index (χ1) is 12.5. The van der Waals surface area contributed by atoms with Crippen LogP contribution in [0.15, 0.2) is 24.3 Å². The Bertz CT molecular complexity index is 948. The molecule has 26 heavy (non-hydrogen) atoms. The quantitative estimate of drug-likeness (QED) is 0.663. The zero-order valence-corrected chi connectivity index (χ0v) is 14.0. The molecule has 136 valence electrons. The number of benzene rings is 1. The van der Waals surface area contributed by atoms with Crippen LogP contribution in [-0.4, -0.2) is 32.6 Å². The molecule has 4 rings (SSSR count). The molecule has 1 aromatic carbocycles. The molecule has 0 saturated carbocycles. The van der Waals surface area contributed by atoms with Gasteiger partial charge in [0.2, 0.25) is 11.9 Å². The van der Waals surface area contributed by atoms with E-state index in [1.165, 1.54) is 12.1 Å². The summed E-state index contributed by atoms with van der Waals surface area (Å²) >= 11 is 0. The third kappa shape index (κ3) is 2.84. The van der Waals surface area contributed by atoms with Gasteiger partial charge in [0.15, 0.2) is 5.65 Å². The van der Waals surface area contributed by atoms with Crippen molar-refractivity contribution in [2.75, 3.05) is 24.6 Å². The highest BCUT2D eigenvalue weighted by atomic mass is 19.3. The van der Waals surface area contributed by atoms with Crippen molar-refractivity contribution in [1.29, 1.82) is 0 Å². The number of fused-ring (bicyclic) bond motifs is 1. The molecule has 1 fully saturated rings. The van der Waals surface area contributed by atoms with Crippen LogP contribution in [0.5, 0.6) is 0 Å². The molecule has 3 aromatic rings. The fourth-order valence-corrected chi connectivity index (χ4v) is 3.46. The summed E-state index contributed by atoms with van der Waals surface area (Å²) in [5, 5.41) is 3.31. The number of nitrogens with two attached hydrogens (primary N) is 2. The lowest BCUT2D eigenvalue weighted by atomic mass is 10.1. The number of alkyl halides is 2. The van der Waals surface area contributed by atoms with Crippen molar-refractivity contribution in [1.82, 2.24) is 24.8 Å². The second kappa shape index (κ2) is 6.49. The van der Waals surface area contributed by atoms with Crippen molar-refractivity contribution in [3.63, 3.8) is 0 Å². The molecule has 0 radical (unpaired) electrons. The Morgan fingerprint density at radius 1 is 1.12 bits per heavy atom. The van der Waals surface area contributed by atoms with Crippen LogP contribution in [0.25, 0.3) is 22.4 Å². The highest BCUT2D eigenvalue weighted by Crippen LogP contribution is 2.33. The van der Waals surface area contributed by atoms with E-state index in [0.717, 1.165) is 25.9 Å². The van der Waals surface area contributed by atoms with Crippen LogP contribution >= 0.6 is 0 Å². The van der Waals surface area contributed by atoms with E-state index in [0.29, 0.717) is 28.4 Å². The van der Waals surface area contributed by atoms with Crippen LogP contribution in [0.3, 0.4) is 0 Å². The first kappa shape index (κ1) is 16.6. The van der Waals surface area contributed by atoms with Gasteiger partial charge in [0, 0.05) is 17.2 Å². The molecule has 1 aliphatic heterocycles. The van der Waals surface area contributed by atoms with Gasteiger partial charge in [-0.15, -0.1) is 0 Å². The molecule has 3 heterocycles. The van der Waals surface area contributed by atoms with Crippen molar-refractivity contribution >= 4 is 23.1 Å². The first-order valence-electron chi connectivity index (χ1n) is 8.44. The van der Waals surface area contributed by atoms with Crippen LogP contribution in [-0.2, 0) is 0 Å². The number of imidazole rings is 1. The Morgan fingerprint density at radius 2 is 1.88 bits per heavy atom. The van der Waals surface area contributed by atoms with E-state index in [2.05, 4.69) is 20.3 Å². The number of halogens is 2. The summed E-state index contributed by atoms with van der Waals surface area (Å²) in [5.41, 5.74) is 13.9. The van der Waals surface area contributed by atoms with Gasteiger partial charge >= 0.3 is 0 Å². The number of nitrogens with zero attached hydrogens (tertiary/aromatic N) is 4. The summed E-state index contributed by atoms with van der Waals surface area (Å²) in [6.07, 6.45) is -0.770. The Hall–Kier alpha value is -2.81. The van der Waals surface area contributed by atoms with Gasteiger partial charge in [-0.2, -0.15) is 4.98 Å². The summed E-state index contributed by atoms with van der Waals surface area (Å²) in [6, 6.07) is 6.19. The monoisotopic (exact) mass is 359 g/mol. The maximum atomic E-state index is 13.1.